The Morgan fingerprint density at radius 2 is 2.00 bits per heavy atom. The van der Waals surface area contributed by atoms with Crippen LogP contribution in [0.2, 0.25) is 0 Å². The van der Waals surface area contributed by atoms with Gasteiger partial charge in [-0.25, -0.2) is 4.99 Å². The van der Waals surface area contributed by atoms with Crippen LogP contribution in [0.1, 0.15) is 37.3 Å². The summed E-state index contributed by atoms with van der Waals surface area (Å²) < 4.78 is 5.47. The van der Waals surface area contributed by atoms with E-state index in [1.807, 2.05) is 0 Å². The zero-order chi connectivity index (χ0) is 20.5. The Morgan fingerprint density at radius 3 is 2.72 bits per heavy atom. The van der Waals surface area contributed by atoms with Crippen molar-refractivity contribution >= 4 is 11.9 Å². The standard InChI is InChI=1S/C22H35N5O2/c1-2-24-22(27-9-5-6-18(16-27)14-21(23)28)25-15-19-7-3-4-8-20(19)17-26-10-12-29-13-11-26/h3-4,7-8,18H,2,5-6,9-17H2,1H3,(H2,23,28)(H,24,25). The van der Waals surface area contributed by atoms with Gasteiger partial charge in [0.1, 0.15) is 0 Å². The highest BCUT2D eigenvalue weighted by Crippen LogP contribution is 2.20. The van der Waals surface area contributed by atoms with Gasteiger partial charge in [-0.15, -0.1) is 0 Å². The van der Waals surface area contributed by atoms with Crippen molar-refractivity contribution in [3.8, 4) is 0 Å². The molecular weight excluding hydrogens is 366 g/mol. The second-order valence-corrected chi connectivity index (χ2v) is 7.95. The number of aliphatic imine (C=N–C) groups is 1. The summed E-state index contributed by atoms with van der Waals surface area (Å²) in [5.41, 5.74) is 8.01. The molecule has 1 atom stereocenters. The smallest absolute Gasteiger partial charge is 0.217 e. The van der Waals surface area contributed by atoms with E-state index < -0.39 is 0 Å². The normalized spacial score (nSPS) is 21.2. The first kappa shape index (κ1) is 21.6. The van der Waals surface area contributed by atoms with Crippen molar-refractivity contribution in [3.63, 3.8) is 0 Å². The number of hydrogen-bond acceptors (Lipinski definition) is 4. The zero-order valence-corrected chi connectivity index (χ0v) is 17.6. The van der Waals surface area contributed by atoms with Crippen LogP contribution in [0, 0.1) is 5.92 Å². The van der Waals surface area contributed by atoms with E-state index in [4.69, 9.17) is 15.5 Å². The van der Waals surface area contributed by atoms with Gasteiger partial charge in [-0.1, -0.05) is 24.3 Å². The lowest BCUT2D eigenvalue weighted by Crippen LogP contribution is -2.47. The summed E-state index contributed by atoms with van der Waals surface area (Å²) in [5, 5.41) is 3.43. The van der Waals surface area contributed by atoms with E-state index in [2.05, 4.69) is 46.3 Å². The number of primary amides is 1. The highest BCUT2D eigenvalue weighted by atomic mass is 16.5. The summed E-state index contributed by atoms with van der Waals surface area (Å²) in [4.78, 5) is 21.0. The molecule has 2 fully saturated rings. The minimum Gasteiger partial charge on any atom is -0.379 e. The lowest BCUT2D eigenvalue weighted by atomic mass is 9.95. The average molecular weight is 402 g/mol. The fourth-order valence-corrected chi connectivity index (χ4v) is 4.16. The van der Waals surface area contributed by atoms with Gasteiger partial charge in [0.15, 0.2) is 5.96 Å². The number of nitrogens with two attached hydrogens (primary N) is 1. The minimum absolute atomic E-state index is 0.212. The number of carbonyl (C=O) groups excluding carboxylic acids is 1. The van der Waals surface area contributed by atoms with E-state index in [-0.39, 0.29) is 5.91 Å². The highest BCUT2D eigenvalue weighted by Gasteiger charge is 2.23. The van der Waals surface area contributed by atoms with E-state index in [1.165, 1.54) is 11.1 Å². The number of likely N-dealkylation sites (tertiary alicyclic amines) is 1. The largest absolute Gasteiger partial charge is 0.379 e. The maximum absolute atomic E-state index is 11.3. The van der Waals surface area contributed by atoms with Crippen LogP contribution < -0.4 is 11.1 Å². The molecule has 1 unspecified atom stereocenters. The molecule has 0 aromatic heterocycles. The number of amides is 1. The molecular formula is C22H35N5O2. The molecule has 7 nitrogen and oxygen atoms in total. The summed E-state index contributed by atoms with van der Waals surface area (Å²) in [6.45, 7) is 9.90. The predicted octanol–water partition coefficient (Wildman–Crippen LogP) is 1.57. The van der Waals surface area contributed by atoms with Crippen LogP contribution in [0.3, 0.4) is 0 Å². The topological polar surface area (TPSA) is 83.2 Å². The molecule has 0 radical (unpaired) electrons. The third-order valence-corrected chi connectivity index (χ3v) is 5.66. The Balaban J connectivity index is 1.67. The molecule has 0 aliphatic carbocycles. The molecule has 1 aromatic carbocycles. The minimum atomic E-state index is -0.212. The first-order chi connectivity index (χ1) is 14.2. The predicted molar refractivity (Wildman–Crippen MR) is 115 cm³/mol. The van der Waals surface area contributed by atoms with Gasteiger partial charge in [0.05, 0.1) is 19.8 Å². The molecule has 7 heteroatoms. The lowest BCUT2D eigenvalue weighted by Gasteiger charge is -2.34. The first-order valence-electron chi connectivity index (χ1n) is 10.8. The fraction of sp³-hybridized carbons (Fsp3) is 0.636. The van der Waals surface area contributed by atoms with E-state index in [0.717, 1.165) is 71.3 Å². The quantitative estimate of drug-likeness (QED) is 0.535. The van der Waals surface area contributed by atoms with E-state index >= 15 is 0 Å². The maximum atomic E-state index is 11.3. The van der Waals surface area contributed by atoms with Crippen molar-refractivity contribution in [3.05, 3.63) is 35.4 Å². The Labute approximate surface area is 174 Å². The maximum Gasteiger partial charge on any atom is 0.217 e. The molecule has 1 amide bonds. The van der Waals surface area contributed by atoms with Crippen LogP contribution in [0.5, 0.6) is 0 Å². The Morgan fingerprint density at radius 1 is 1.24 bits per heavy atom. The van der Waals surface area contributed by atoms with Crippen molar-refractivity contribution < 1.29 is 9.53 Å². The van der Waals surface area contributed by atoms with Crippen LogP contribution in [-0.4, -0.2) is 67.6 Å². The van der Waals surface area contributed by atoms with Crippen LogP contribution >= 0.6 is 0 Å². The Bertz CT molecular complexity index is 688. The van der Waals surface area contributed by atoms with Crippen molar-refractivity contribution in [2.45, 2.75) is 39.3 Å². The summed E-state index contributed by atoms with van der Waals surface area (Å²) in [5.74, 6) is 1.04. The molecule has 1 aromatic rings. The number of benzene rings is 1. The molecule has 2 heterocycles. The first-order valence-corrected chi connectivity index (χ1v) is 10.8. The van der Waals surface area contributed by atoms with Crippen LogP contribution in [0.4, 0.5) is 0 Å². The van der Waals surface area contributed by atoms with Gasteiger partial charge in [0, 0.05) is 45.7 Å². The van der Waals surface area contributed by atoms with Gasteiger partial charge < -0.3 is 20.7 Å². The molecule has 29 heavy (non-hydrogen) atoms. The number of guanidine groups is 1. The fourth-order valence-electron chi connectivity index (χ4n) is 4.16. The van der Waals surface area contributed by atoms with E-state index in [1.54, 1.807) is 0 Å². The number of nitrogens with one attached hydrogen (secondary N) is 1. The molecule has 3 rings (SSSR count). The van der Waals surface area contributed by atoms with Crippen molar-refractivity contribution in [1.29, 1.82) is 0 Å². The molecule has 0 bridgehead atoms. The third-order valence-electron chi connectivity index (χ3n) is 5.66. The second-order valence-electron chi connectivity index (χ2n) is 7.95. The summed E-state index contributed by atoms with van der Waals surface area (Å²) in [6.07, 6.45) is 2.58. The van der Waals surface area contributed by atoms with Crippen molar-refractivity contribution in [2.75, 3.05) is 45.9 Å². The monoisotopic (exact) mass is 401 g/mol. The van der Waals surface area contributed by atoms with Crippen LogP contribution in [0.25, 0.3) is 0 Å². The second kappa shape index (κ2) is 11.2. The SMILES string of the molecule is CCNC(=NCc1ccccc1CN1CCOCC1)N1CCCC(CC(N)=O)C1. The van der Waals surface area contributed by atoms with Gasteiger partial charge in [0.2, 0.25) is 5.91 Å². The molecule has 0 saturated carbocycles. The van der Waals surface area contributed by atoms with Crippen LogP contribution in [-0.2, 0) is 22.6 Å². The number of rotatable bonds is 7. The molecule has 2 saturated heterocycles. The van der Waals surface area contributed by atoms with Gasteiger partial charge in [-0.2, -0.15) is 0 Å². The summed E-state index contributed by atoms with van der Waals surface area (Å²) >= 11 is 0. The molecule has 2 aliphatic rings. The van der Waals surface area contributed by atoms with Crippen molar-refractivity contribution in [2.24, 2.45) is 16.6 Å². The number of hydrogen-bond donors (Lipinski definition) is 2. The highest BCUT2D eigenvalue weighted by molar-refractivity contribution is 5.80. The van der Waals surface area contributed by atoms with Gasteiger partial charge in [0.25, 0.3) is 0 Å². The lowest BCUT2D eigenvalue weighted by molar-refractivity contribution is -0.119. The summed E-state index contributed by atoms with van der Waals surface area (Å²) in [7, 11) is 0. The molecule has 2 aliphatic heterocycles. The number of ether oxygens (including phenoxy) is 1. The third kappa shape index (κ3) is 6.72. The number of nitrogens with zero attached hydrogens (tertiary/aromatic N) is 3. The van der Waals surface area contributed by atoms with E-state index in [9.17, 15) is 4.79 Å². The van der Waals surface area contributed by atoms with Crippen molar-refractivity contribution in [1.82, 2.24) is 15.1 Å². The van der Waals surface area contributed by atoms with E-state index in [0.29, 0.717) is 18.9 Å². The number of morpholine rings is 1. The molecule has 160 valence electrons. The molecule has 3 N–H and O–H groups in total. The number of carbonyl (C=O) groups is 1. The van der Waals surface area contributed by atoms with Gasteiger partial charge >= 0.3 is 0 Å². The number of piperidine rings is 1. The Kier molecular flexibility index (Phi) is 8.31. The summed E-state index contributed by atoms with van der Waals surface area (Å²) in [6, 6.07) is 8.57. The average Bonchev–Trinajstić information content (AvgIpc) is 2.72. The van der Waals surface area contributed by atoms with Crippen LogP contribution in [0.15, 0.2) is 29.3 Å². The Hall–Kier alpha value is -2.12. The molecule has 0 spiro atoms. The van der Waals surface area contributed by atoms with Gasteiger partial charge in [-0.3, -0.25) is 9.69 Å². The zero-order valence-electron chi connectivity index (χ0n) is 17.6. The van der Waals surface area contributed by atoms with Gasteiger partial charge in [-0.05, 0) is 36.8 Å².